The number of amides is 1. The van der Waals surface area contributed by atoms with Crippen molar-refractivity contribution in [2.24, 2.45) is 0 Å². The highest BCUT2D eigenvalue weighted by Crippen LogP contribution is 2.36. The van der Waals surface area contributed by atoms with E-state index in [-0.39, 0.29) is 11.8 Å². The second kappa shape index (κ2) is 11.6. The van der Waals surface area contributed by atoms with Crippen molar-refractivity contribution < 1.29 is 9.53 Å². The van der Waals surface area contributed by atoms with Crippen LogP contribution in [0, 0.1) is 0 Å². The molecule has 0 saturated heterocycles. The molecule has 4 aromatic carbocycles. The lowest BCUT2D eigenvalue weighted by Crippen LogP contribution is -2.27. The molecule has 0 spiro atoms. The van der Waals surface area contributed by atoms with Crippen molar-refractivity contribution in [2.45, 2.75) is 32.2 Å². The first-order chi connectivity index (χ1) is 18.2. The highest BCUT2D eigenvalue weighted by molar-refractivity contribution is 5.86. The van der Waals surface area contributed by atoms with Crippen LogP contribution in [-0.2, 0) is 17.8 Å². The number of rotatable bonds is 10. The van der Waals surface area contributed by atoms with Gasteiger partial charge in [-0.3, -0.25) is 4.79 Å². The van der Waals surface area contributed by atoms with Crippen molar-refractivity contribution in [3.05, 3.63) is 132 Å². The lowest BCUT2D eigenvalue weighted by molar-refractivity contribution is -0.121. The second-order valence-corrected chi connectivity index (χ2v) is 9.22. The molecule has 0 aliphatic carbocycles. The monoisotopic (exact) mass is 488 g/mol. The zero-order valence-electron chi connectivity index (χ0n) is 21.1. The zero-order valence-corrected chi connectivity index (χ0v) is 21.1. The van der Waals surface area contributed by atoms with Crippen LogP contribution in [0.3, 0.4) is 0 Å². The average molecular weight is 489 g/mol. The minimum Gasteiger partial charge on any atom is -0.457 e. The molecule has 5 rings (SSSR count). The number of aryl methyl sites for hydroxylation is 1. The first-order valence-electron chi connectivity index (χ1n) is 12.9. The standard InChI is InChI=1S/C33H32N2O2/c1-2-35-24-31(29-18-9-10-19-32(29)35)30(23-33(36)34-21-20-25-12-5-3-6-13-25)26-14-11-17-28(22-26)37-27-15-7-4-8-16-27/h3-19,22,24,30H,2,20-21,23H2,1H3,(H,34,36). The molecule has 0 aliphatic heterocycles. The molecule has 0 aliphatic rings. The minimum absolute atomic E-state index is 0.0450. The van der Waals surface area contributed by atoms with E-state index < -0.39 is 0 Å². The third-order valence-electron chi connectivity index (χ3n) is 6.74. The van der Waals surface area contributed by atoms with Gasteiger partial charge in [0.25, 0.3) is 0 Å². The lowest BCUT2D eigenvalue weighted by Gasteiger charge is -2.18. The van der Waals surface area contributed by atoms with E-state index in [1.807, 2.05) is 60.7 Å². The van der Waals surface area contributed by atoms with E-state index in [2.05, 4.69) is 71.5 Å². The van der Waals surface area contributed by atoms with Crippen molar-refractivity contribution >= 4 is 16.8 Å². The molecule has 1 aromatic heterocycles. The fourth-order valence-corrected chi connectivity index (χ4v) is 4.89. The Kier molecular flexibility index (Phi) is 7.66. The first-order valence-corrected chi connectivity index (χ1v) is 12.9. The summed E-state index contributed by atoms with van der Waals surface area (Å²) in [5.74, 6) is 1.49. The maximum Gasteiger partial charge on any atom is 0.220 e. The molecule has 4 heteroatoms. The van der Waals surface area contributed by atoms with Crippen LogP contribution in [0.1, 0.15) is 36.0 Å². The molecule has 186 valence electrons. The van der Waals surface area contributed by atoms with Crippen LogP contribution in [0.5, 0.6) is 11.5 Å². The Morgan fingerprint density at radius 1 is 0.838 bits per heavy atom. The minimum atomic E-state index is -0.103. The van der Waals surface area contributed by atoms with Gasteiger partial charge >= 0.3 is 0 Å². The van der Waals surface area contributed by atoms with Crippen LogP contribution in [0.15, 0.2) is 115 Å². The molecule has 1 unspecified atom stereocenters. The molecule has 0 bridgehead atoms. The summed E-state index contributed by atoms with van der Waals surface area (Å²) in [5.41, 5.74) is 4.63. The number of fused-ring (bicyclic) bond motifs is 1. The van der Waals surface area contributed by atoms with Gasteiger partial charge in [-0.15, -0.1) is 0 Å². The van der Waals surface area contributed by atoms with Crippen LogP contribution >= 0.6 is 0 Å². The molecular weight excluding hydrogens is 456 g/mol. The fraction of sp³-hybridized carbons (Fsp3) is 0.182. The molecule has 0 fully saturated rings. The van der Waals surface area contributed by atoms with Crippen molar-refractivity contribution in [1.29, 1.82) is 0 Å². The number of carbonyl (C=O) groups excluding carboxylic acids is 1. The third-order valence-corrected chi connectivity index (χ3v) is 6.74. The highest BCUT2D eigenvalue weighted by Gasteiger charge is 2.23. The first kappa shape index (κ1) is 24.4. The van der Waals surface area contributed by atoms with Crippen LogP contribution in [0.2, 0.25) is 0 Å². The van der Waals surface area contributed by atoms with Gasteiger partial charge in [-0.25, -0.2) is 0 Å². The maximum absolute atomic E-state index is 13.2. The zero-order chi connectivity index (χ0) is 25.5. The number of hydrogen-bond donors (Lipinski definition) is 1. The quantitative estimate of drug-likeness (QED) is 0.224. The summed E-state index contributed by atoms with van der Waals surface area (Å²) in [6, 6.07) is 36.6. The number of nitrogens with zero attached hydrogens (tertiary/aromatic N) is 1. The predicted molar refractivity (Wildman–Crippen MR) is 150 cm³/mol. The van der Waals surface area contributed by atoms with E-state index in [1.165, 1.54) is 16.5 Å². The van der Waals surface area contributed by atoms with Crippen molar-refractivity contribution in [3.63, 3.8) is 0 Å². The van der Waals surface area contributed by atoms with E-state index in [4.69, 9.17) is 4.74 Å². The van der Waals surface area contributed by atoms with E-state index in [0.717, 1.165) is 35.6 Å². The van der Waals surface area contributed by atoms with Crippen LogP contribution in [-0.4, -0.2) is 17.0 Å². The Hall–Kier alpha value is -4.31. The summed E-state index contributed by atoms with van der Waals surface area (Å²) in [6.45, 7) is 3.63. The van der Waals surface area contributed by atoms with Gasteiger partial charge in [-0.2, -0.15) is 0 Å². The predicted octanol–water partition coefficient (Wildman–Crippen LogP) is 7.33. The van der Waals surface area contributed by atoms with Gasteiger partial charge in [0.2, 0.25) is 5.91 Å². The number of nitrogens with one attached hydrogen (secondary N) is 1. The Labute approximate surface area is 218 Å². The number of para-hydroxylation sites is 2. The number of ether oxygens (including phenoxy) is 1. The number of benzene rings is 4. The number of hydrogen-bond acceptors (Lipinski definition) is 2. The van der Waals surface area contributed by atoms with Gasteiger partial charge in [0, 0.05) is 42.5 Å². The van der Waals surface area contributed by atoms with Crippen LogP contribution < -0.4 is 10.1 Å². The maximum atomic E-state index is 13.2. The second-order valence-electron chi connectivity index (χ2n) is 9.22. The molecular formula is C33H32N2O2. The molecule has 4 nitrogen and oxygen atoms in total. The molecule has 1 N–H and O–H groups in total. The summed E-state index contributed by atoms with van der Waals surface area (Å²) >= 11 is 0. The van der Waals surface area contributed by atoms with E-state index >= 15 is 0 Å². The van der Waals surface area contributed by atoms with Gasteiger partial charge in [-0.05, 0) is 60.4 Å². The van der Waals surface area contributed by atoms with Gasteiger partial charge in [0.05, 0.1) is 0 Å². The average Bonchev–Trinajstić information content (AvgIpc) is 3.32. The van der Waals surface area contributed by atoms with Crippen molar-refractivity contribution in [1.82, 2.24) is 9.88 Å². The Morgan fingerprint density at radius 3 is 2.32 bits per heavy atom. The molecule has 0 radical (unpaired) electrons. The Balaban J connectivity index is 1.43. The highest BCUT2D eigenvalue weighted by atomic mass is 16.5. The fourth-order valence-electron chi connectivity index (χ4n) is 4.89. The van der Waals surface area contributed by atoms with E-state index in [1.54, 1.807) is 0 Å². The van der Waals surface area contributed by atoms with Crippen LogP contribution in [0.4, 0.5) is 0 Å². The SMILES string of the molecule is CCn1cc(C(CC(=O)NCCc2ccccc2)c2cccc(Oc3ccccc3)c2)c2ccccc21. The summed E-state index contributed by atoms with van der Waals surface area (Å²) in [4.78, 5) is 13.2. The van der Waals surface area contributed by atoms with Crippen molar-refractivity contribution in [3.8, 4) is 11.5 Å². The van der Waals surface area contributed by atoms with Gasteiger partial charge < -0.3 is 14.6 Å². The van der Waals surface area contributed by atoms with Gasteiger partial charge in [0.1, 0.15) is 11.5 Å². The largest absolute Gasteiger partial charge is 0.457 e. The number of carbonyl (C=O) groups is 1. The summed E-state index contributed by atoms with van der Waals surface area (Å²) in [5, 5.41) is 4.33. The topological polar surface area (TPSA) is 43.3 Å². The van der Waals surface area contributed by atoms with Gasteiger partial charge in [-0.1, -0.05) is 78.9 Å². The Bertz CT molecular complexity index is 1460. The van der Waals surface area contributed by atoms with E-state index in [0.29, 0.717) is 13.0 Å². The summed E-state index contributed by atoms with van der Waals surface area (Å²) in [7, 11) is 0. The Morgan fingerprint density at radius 2 is 1.54 bits per heavy atom. The molecule has 1 amide bonds. The van der Waals surface area contributed by atoms with Crippen molar-refractivity contribution in [2.75, 3.05) is 6.54 Å². The normalized spacial score (nSPS) is 11.8. The molecule has 0 saturated carbocycles. The van der Waals surface area contributed by atoms with Gasteiger partial charge in [0.15, 0.2) is 0 Å². The molecule has 37 heavy (non-hydrogen) atoms. The number of aromatic nitrogens is 1. The van der Waals surface area contributed by atoms with E-state index in [9.17, 15) is 4.79 Å². The third kappa shape index (κ3) is 5.92. The van der Waals surface area contributed by atoms with Crippen LogP contribution in [0.25, 0.3) is 10.9 Å². The molecule has 1 heterocycles. The lowest BCUT2D eigenvalue weighted by atomic mass is 9.88. The molecule has 1 atom stereocenters. The molecule has 5 aromatic rings. The summed E-state index contributed by atoms with van der Waals surface area (Å²) in [6.07, 6.45) is 3.38. The summed E-state index contributed by atoms with van der Waals surface area (Å²) < 4.78 is 8.39. The smallest absolute Gasteiger partial charge is 0.220 e.